The lowest BCUT2D eigenvalue weighted by atomic mass is 10.1. The number of hydrogen-bond donors (Lipinski definition) is 0. The SMILES string of the molecule is O=C(C/C=C/c1ccccc1)c1ccccc1. The molecule has 0 N–H and O–H groups in total. The van der Waals surface area contributed by atoms with Gasteiger partial charge in [-0.15, -0.1) is 0 Å². The van der Waals surface area contributed by atoms with Crippen LogP contribution >= 0.6 is 0 Å². The van der Waals surface area contributed by atoms with E-state index in [-0.39, 0.29) is 5.78 Å². The van der Waals surface area contributed by atoms with E-state index >= 15 is 0 Å². The van der Waals surface area contributed by atoms with Crippen LogP contribution in [0, 0.1) is 0 Å². The number of hydrogen-bond acceptors (Lipinski definition) is 1. The zero-order chi connectivity index (χ0) is 11.9. The van der Waals surface area contributed by atoms with E-state index in [1.165, 1.54) is 0 Å². The van der Waals surface area contributed by atoms with Crippen molar-refractivity contribution in [2.24, 2.45) is 0 Å². The maximum Gasteiger partial charge on any atom is 0.166 e. The number of Topliss-reactive ketones (excluding diaryl/α,β-unsaturated/α-hetero) is 1. The Morgan fingerprint density at radius 1 is 0.882 bits per heavy atom. The Morgan fingerprint density at radius 2 is 1.47 bits per heavy atom. The van der Waals surface area contributed by atoms with E-state index in [9.17, 15) is 4.79 Å². The summed E-state index contributed by atoms with van der Waals surface area (Å²) in [6.07, 6.45) is 4.32. The van der Waals surface area contributed by atoms with Gasteiger partial charge in [0.2, 0.25) is 0 Å². The first-order chi connectivity index (χ1) is 8.36. The molecular weight excluding hydrogens is 208 g/mol. The van der Waals surface area contributed by atoms with Crippen molar-refractivity contribution in [2.75, 3.05) is 0 Å². The molecule has 2 rings (SSSR count). The fourth-order valence-corrected chi connectivity index (χ4v) is 1.61. The summed E-state index contributed by atoms with van der Waals surface area (Å²) >= 11 is 0. The normalized spacial score (nSPS) is 10.6. The average Bonchev–Trinajstić information content (AvgIpc) is 2.41. The van der Waals surface area contributed by atoms with Gasteiger partial charge in [-0.1, -0.05) is 72.8 Å². The summed E-state index contributed by atoms with van der Waals surface area (Å²) in [7, 11) is 0. The van der Waals surface area contributed by atoms with Crippen molar-refractivity contribution in [1.82, 2.24) is 0 Å². The van der Waals surface area contributed by atoms with Crippen LogP contribution in [0.4, 0.5) is 0 Å². The van der Waals surface area contributed by atoms with Crippen LogP contribution in [0.3, 0.4) is 0 Å². The Balaban J connectivity index is 1.95. The lowest BCUT2D eigenvalue weighted by Gasteiger charge is -1.96. The highest BCUT2D eigenvalue weighted by molar-refractivity contribution is 5.97. The second-order valence-corrected chi connectivity index (χ2v) is 3.81. The number of rotatable bonds is 4. The Bertz CT molecular complexity index is 498. The van der Waals surface area contributed by atoms with Crippen LogP contribution in [0.2, 0.25) is 0 Å². The Labute approximate surface area is 101 Å². The Hall–Kier alpha value is -2.15. The molecular formula is C16H14O. The second-order valence-electron chi connectivity index (χ2n) is 3.81. The van der Waals surface area contributed by atoms with Crippen LogP contribution in [0.1, 0.15) is 22.3 Å². The second kappa shape index (κ2) is 5.80. The van der Waals surface area contributed by atoms with Gasteiger partial charge in [0.1, 0.15) is 0 Å². The molecule has 0 fully saturated rings. The van der Waals surface area contributed by atoms with Gasteiger partial charge in [-0.2, -0.15) is 0 Å². The summed E-state index contributed by atoms with van der Waals surface area (Å²) in [5, 5.41) is 0. The van der Waals surface area contributed by atoms with Crippen LogP contribution in [0.25, 0.3) is 6.08 Å². The highest BCUT2D eigenvalue weighted by Gasteiger charge is 2.01. The minimum atomic E-state index is 0.151. The number of ketones is 1. The summed E-state index contributed by atoms with van der Waals surface area (Å²) in [6, 6.07) is 19.4. The van der Waals surface area contributed by atoms with Crippen molar-refractivity contribution < 1.29 is 4.79 Å². The summed E-state index contributed by atoms with van der Waals surface area (Å²) < 4.78 is 0. The van der Waals surface area contributed by atoms with E-state index in [0.29, 0.717) is 6.42 Å². The molecule has 0 heterocycles. The van der Waals surface area contributed by atoms with Gasteiger partial charge in [0, 0.05) is 12.0 Å². The van der Waals surface area contributed by atoms with Crippen molar-refractivity contribution in [3.8, 4) is 0 Å². The van der Waals surface area contributed by atoms with E-state index in [0.717, 1.165) is 11.1 Å². The third kappa shape index (κ3) is 3.42. The topological polar surface area (TPSA) is 17.1 Å². The van der Waals surface area contributed by atoms with Gasteiger partial charge in [-0.25, -0.2) is 0 Å². The zero-order valence-electron chi connectivity index (χ0n) is 9.54. The fourth-order valence-electron chi connectivity index (χ4n) is 1.61. The van der Waals surface area contributed by atoms with Gasteiger partial charge in [0.25, 0.3) is 0 Å². The molecule has 1 heteroatoms. The maximum atomic E-state index is 11.8. The predicted molar refractivity (Wildman–Crippen MR) is 70.9 cm³/mol. The maximum absolute atomic E-state index is 11.8. The molecule has 0 bridgehead atoms. The van der Waals surface area contributed by atoms with E-state index in [1.54, 1.807) is 0 Å². The van der Waals surface area contributed by atoms with Crippen LogP contribution in [0.15, 0.2) is 66.7 Å². The fraction of sp³-hybridized carbons (Fsp3) is 0.0625. The largest absolute Gasteiger partial charge is 0.294 e. The van der Waals surface area contributed by atoms with Crippen molar-refractivity contribution in [2.45, 2.75) is 6.42 Å². The number of carbonyl (C=O) groups excluding carboxylic acids is 1. The van der Waals surface area contributed by atoms with Crippen LogP contribution in [-0.2, 0) is 0 Å². The quantitative estimate of drug-likeness (QED) is 0.715. The monoisotopic (exact) mass is 222 g/mol. The average molecular weight is 222 g/mol. The van der Waals surface area contributed by atoms with E-state index < -0.39 is 0 Å². The first-order valence-electron chi connectivity index (χ1n) is 5.66. The summed E-state index contributed by atoms with van der Waals surface area (Å²) in [5.74, 6) is 0.151. The summed E-state index contributed by atoms with van der Waals surface area (Å²) in [5.41, 5.74) is 1.89. The molecule has 2 aromatic rings. The molecule has 2 aromatic carbocycles. The molecule has 0 atom stereocenters. The van der Waals surface area contributed by atoms with Crippen molar-refractivity contribution in [3.05, 3.63) is 77.9 Å². The molecule has 0 aliphatic carbocycles. The van der Waals surface area contributed by atoms with Crippen LogP contribution in [0.5, 0.6) is 0 Å². The molecule has 0 radical (unpaired) electrons. The van der Waals surface area contributed by atoms with Crippen molar-refractivity contribution in [3.63, 3.8) is 0 Å². The number of carbonyl (C=O) groups is 1. The van der Waals surface area contributed by atoms with Crippen molar-refractivity contribution >= 4 is 11.9 Å². The minimum absolute atomic E-state index is 0.151. The molecule has 0 aliphatic heterocycles. The standard InChI is InChI=1S/C16H14O/c17-16(15-11-5-2-6-12-15)13-7-10-14-8-3-1-4-9-14/h1-12H,13H2/b10-7+. The summed E-state index contributed by atoms with van der Waals surface area (Å²) in [6.45, 7) is 0. The number of benzene rings is 2. The third-order valence-corrected chi connectivity index (χ3v) is 2.51. The third-order valence-electron chi connectivity index (χ3n) is 2.51. The lowest BCUT2D eigenvalue weighted by molar-refractivity contribution is 0.0996. The molecule has 1 nitrogen and oxygen atoms in total. The number of allylic oxidation sites excluding steroid dienone is 1. The van der Waals surface area contributed by atoms with Crippen LogP contribution in [-0.4, -0.2) is 5.78 Å². The van der Waals surface area contributed by atoms with Gasteiger partial charge in [0.15, 0.2) is 5.78 Å². The first-order valence-corrected chi connectivity index (χ1v) is 5.66. The molecule has 0 aliphatic rings. The molecule has 0 aromatic heterocycles. The molecule has 0 unspecified atom stereocenters. The molecule has 0 saturated carbocycles. The molecule has 0 saturated heterocycles. The smallest absolute Gasteiger partial charge is 0.166 e. The van der Waals surface area contributed by atoms with E-state index in [4.69, 9.17) is 0 Å². The van der Waals surface area contributed by atoms with Gasteiger partial charge in [-0.05, 0) is 5.56 Å². The predicted octanol–water partition coefficient (Wildman–Crippen LogP) is 3.97. The molecule has 0 spiro atoms. The Kier molecular flexibility index (Phi) is 3.87. The van der Waals surface area contributed by atoms with Crippen LogP contribution < -0.4 is 0 Å². The highest BCUT2D eigenvalue weighted by Crippen LogP contribution is 2.06. The molecule has 84 valence electrons. The minimum Gasteiger partial charge on any atom is -0.294 e. The highest BCUT2D eigenvalue weighted by atomic mass is 16.1. The molecule has 0 amide bonds. The molecule has 17 heavy (non-hydrogen) atoms. The van der Waals surface area contributed by atoms with Gasteiger partial charge in [-0.3, -0.25) is 4.79 Å². The lowest BCUT2D eigenvalue weighted by Crippen LogP contribution is -1.95. The van der Waals surface area contributed by atoms with Gasteiger partial charge < -0.3 is 0 Å². The van der Waals surface area contributed by atoms with Gasteiger partial charge >= 0.3 is 0 Å². The summed E-state index contributed by atoms with van der Waals surface area (Å²) in [4.78, 5) is 11.8. The zero-order valence-corrected chi connectivity index (χ0v) is 9.54. The van der Waals surface area contributed by atoms with E-state index in [2.05, 4.69) is 0 Å². The first kappa shape index (κ1) is 11.3. The Morgan fingerprint density at radius 3 is 2.12 bits per heavy atom. The van der Waals surface area contributed by atoms with Gasteiger partial charge in [0.05, 0.1) is 0 Å². The van der Waals surface area contributed by atoms with E-state index in [1.807, 2.05) is 72.8 Å². The van der Waals surface area contributed by atoms with Crippen molar-refractivity contribution in [1.29, 1.82) is 0 Å².